The molecule has 20 heavy (non-hydrogen) atoms. The summed E-state index contributed by atoms with van der Waals surface area (Å²) in [6.45, 7) is 4.06. The van der Waals surface area contributed by atoms with Gasteiger partial charge < -0.3 is 5.32 Å². The fourth-order valence-electron chi connectivity index (χ4n) is 2.31. The summed E-state index contributed by atoms with van der Waals surface area (Å²) in [5.74, 6) is 0. The average Bonchev–Trinajstić information content (AvgIpc) is 2.40. The number of aryl methyl sites for hydroxylation is 2. The Labute approximate surface area is 134 Å². The summed E-state index contributed by atoms with van der Waals surface area (Å²) in [6, 6.07) is 9.87. The van der Waals surface area contributed by atoms with Crippen LogP contribution in [0.3, 0.4) is 0 Å². The van der Waals surface area contributed by atoms with Crippen LogP contribution in [-0.2, 0) is 0 Å². The van der Waals surface area contributed by atoms with Crippen molar-refractivity contribution in [2.45, 2.75) is 19.9 Å². The van der Waals surface area contributed by atoms with Crippen LogP contribution in [0.1, 0.15) is 28.3 Å². The Morgan fingerprint density at radius 2 is 1.55 bits per heavy atom. The van der Waals surface area contributed by atoms with Gasteiger partial charge >= 0.3 is 0 Å². The second kappa shape index (κ2) is 6.36. The van der Waals surface area contributed by atoms with E-state index in [4.69, 9.17) is 34.8 Å². The molecule has 1 N–H and O–H groups in total. The van der Waals surface area contributed by atoms with E-state index in [0.29, 0.717) is 10.0 Å². The van der Waals surface area contributed by atoms with Crippen molar-refractivity contribution in [1.82, 2.24) is 5.32 Å². The molecule has 0 saturated heterocycles. The van der Waals surface area contributed by atoms with Crippen LogP contribution < -0.4 is 5.32 Å². The van der Waals surface area contributed by atoms with Crippen LogP contribution in [0, 0.1) is 13.8 Å². The van der Waals surface area contributed by atoms with E-state index in [9.17, 15) is 0 Å². The van der Waals surface area contributed by atoms with E-state index in [1.165, 1.54) is 5.56 Å². The quantitative estimate of drug-likeness (QED) is 0.776. The fraction of sp³-hybridized carbons (Fsp3) is 0.250. The predicted octanol–water partition coefficient (Wildman–Crippen LogP) is 5.57. The zero-order valence-corrected chi connectivity index (χ0v) is 13.9. The highest BCUT2D eigenvalue weighted by atomic mass is 35.5. The monoisotopic (exact) mass is 327 g/mol. The lowest BCUT2D eigenvalue weighted by molar-refractivity contribution is 0.687. The third kappa shape index (κ3) is 3.12. The Hall–Kier alpha value is -0.730. The van der Waals surface area contributed by atoms with Gasteiger partial charge in [-0.2, -0.15) is 0 Å². The standard InChI is InChI=1S/C16H16Cl3N/c1-9-7-14(18)10(2)6-12(9)16(20-3)11-4-5-13(17)15(19)8-11/h4-8,16,20H,1-3H3. The van der Waals surface area contributed by atoms with Crippen molar-refractivity contribution >= 4 is 34.8 Å². The Morgan fingerprint density at radius 1 is 0.850 bits per heavy atom. The SMILES string of the molecule is CNC(c1ccc(Cl)c(Cl)c1)c1cc(C)c(Cl)cc1C. The van der Waals surface area contributed by atoms with Gasteiger partial charge in [-0.3, -0.25) is 0 Å². The molecule has 0 aliphatic carbocycles. The van der Waals surface area contributed by atoms with E-state index in [2.05, 4.69) is 18.3 Å². The van der Waals surface area contributed by atoms with Crippen molar-refractivity contribution in [2.75, 3.05) is 7.05 Å². The second-order valence-electron chi connectivity index (χ2n) is 4.85. The highest BCUT2D eigenvalue weighted by Gasteiger charge is 2.16. The van der Waals surface area contributed by atoms with Crippen molar-refractivity contribution in [3.8, 4) is 0 Å². The topological polar surface area (TPSA) is 12.0 Å². The molecule has 2 aromatic rings. The molecule has 0 aliphatic rings. The number of benzene rings is 2. The molecule has 1 unspecified atom stereocenters. The molecule has 1 atom stereocenters. The van der Waals surface area contributed by atoms with Gasteiger partial charge in [0.05, 0.1) is 16.1 Å². The number of hydrogen-bond donors (Lipinski definition) is 1. The van der Waals surface area contributed by atoms with E-state index in [-0.39, 0.29) is 6.04 Å². The summed E-state index contributed by atoms with van der Waals surface area (Å²) in [7, 11) is 1.93. The minimum atomic E-state index is 0.0562. The molecular weight excluding hydrogens is 313 g/mol. The molecule has 0 bridgehead atoms. The van der Waals surface area contributed by atoms with Crippen LogP contribution >= 0.6 is 34.8 Å². The fourth-order valence-corrected chi connectivity index (χ4v) is 2.83. The summed E-state index contributed by atoms with van der Waals surface area (Å²) in [5.41, 5.74) is 4.47. The predicted molar refractivity (Wildman–Crippen MR) is 88.3 cm³/mol. The van der Waals surface area contributed by atoms with Gasteiger partial charge in [0, 0.05) is 5.02 Å². The second-order valence-corrected chi connectivity index (χ2v) is 6.07. The maximum Gasteiger partial charge on any atom is 0.0595 e. The molecule has 0 saturated carbocycles. The summed E-state index contributed by atoms with van der Waals surface area (Å²) in [5, 5.41) is 5.24. The minimum absolute atomic E-state index is 0.0562. The molecule has 0 radical (unpaired) electrons. The van der Waals surface area contributed by atoms with Crippen molar-refractivity contribution < 1.29 is 0 Å². The number of nitrogens with one attached hydrogen (secondary N) is 1. The lowest BCUT2D eigenvalue weighted by Gasteiger charge is -2.21. The van der Waals surface area contributed by atoms with E-state index in [1.807, 2.05) is 38.2 Å². The molecular formula is C16H16Cl3N. The van der Waals surface area contributed by atoms with Crippen LogP contribution in [0.2, 0.25) is 15.1 Å². The molecule has 0 heterocycles. The number of rotatable bonds is 3. The Bertz CT molecular complexity index is 638. The van der Waals surface area contributed by atoms with E-state index in [1.54, 1.807) is 0 Å². The summed E-state index contributed by atoms with van der Waals surface area (Å²) in [4.78, 5) is 0. The molecule has 0 spiro atoms. The highest BCUT2D eigenvalue weighted by molar-refractivity contribution is 6.42. The Morgan fingerprint density at radius 3 is 2.15 bits per heavy atom. The van der Waals surface area contributed by atoms with Gasteiger partial charge in [0.1, 0.15) is 0 Å². The van der Waals surface area contributed by atoms with Gasteiger partial charge in [0.25, 0.3) is 0 Å². The van der Waals surface area contributed by atoms with Gasteiger partial charge in [-0.25, -0.2) is 0 Å². The average molecular weight is 329 g/mol. The van der Waals surface area contributed by atoms with E-state index < -0.39 is 0 Å². The van der Waals surface area contributed by atoms with Crippen molar-refractivity contribution in [3.63, 3.8) is 0 Å². The van der Waals surface area contributed by atoms with Crippen molar-refractivity contribution in [3.05, 3.63) is 67.7 Å². The largest absolute Gasteiger partial charge is 0.309 e. The zero-order valence-electron chi connectivity index (χ0n) is 11.6. The first-order valence-corrected chi connectivity index (χ1v) is 7.46. The summed E-state index contributed by atoms with van der Waals surface area (Å²) in [6.07, 6.45) is 0. The van der Waals surface area contributed by atoms with Gasteiger partial charge in [-0.05, 0) is 61.3 Å². The molecule has 106 valence electrons. The minimum Gasteiger partial charge on any atom is -0.309 e. The van der Waals surface area contributed by atoms with E-state index >= 15 is 0 Å². The molecule has 0 aromatic heterocycles. The normalized spacial score (nSPS) is 12.5. The van der Waals surface area contributed by atoms with Gasteiger partial charge in [0.2, 0.25) is 0 Å². The van der Waals surface area contributed by atoms with Gasteiger partial charge in [0.15, 0.2) is 0 Å². The molecule has 2 aromatic carbocycles. The first-order chi connectivity index (χ1) is 9.43. The maximum absolute atomic E-state index is 6.17. The lowest BCUT2D eigenvalue weighted by atomic mass is 9.93. The zero-order chi connectivity index (χ0) is 14.9. The first-order valence-electron chi connectivity index (χ1n) is 6.33. The summed E-state index contributed by atoms with van der Waals surface area (Å²) >= 11 is 18.3. The third-order valence-electron chi connectivity index (χ3n) is 3.42. The van der Waals surface area contributed by atoms with E-state index in [0.717, 1.165) is 21.7 Å². The number of halogens is 3. The van der Waals surface area contributed by atoms with Crippen LogP contribution in [0.5, 0.6) is 0 Å². The first kappa shape index (κ1) is 15.7. The van der Waals surface area contributed by atoms with Gasteiger partial charge in [-0.15, -0.1) is 0 Å². The summed E-state index contributed by atoms with van der Waals surface area (Å²) < 4.78 is 0. The van der Waals surface area contributed by atoms with Crippen LogP contribution in [0.15, 0.2) is 30.3 Å². The molecule has 0 aliphatic heterocycles. The lowest BCUT2D eigenvalue weighted by Crippen LogP contribution is -2.19. The van der Waals surface area contributed by atoms with Gasteiger partial charge in [-0.1, -0.05) is 46.9 Å². The van der Waals surface area contributed by atoms with Crippen LogP contribution in [0.25, 0.3) is 0 Å². The van der Waals surface area contributed by atoms with Crippen molar-refractivity contribution in [2.24, 2.45) is 0 Å². The number of hydrogen-bond acceptors (Lipinski definition) is 1. The van der Waals surface area contributed by atoms with Crippen LogP contribution in [-0.4, -0.2) is 7.05 Å². The third-order valence-corrected chi connectivity index (χ3v) is 4.57. The smallest absolute Gasteiger partial charge is 0.0595 e. The Kier molecular flexibility index (Phi) is 4.98. The maximum atomic E-state index is 6.17. The van der Waals surface area contributed by atoms with Crippen molar-refractivity contribution in [1.29, 1.82) is 0 Å². The molecule has 2 rings (SSSR count). The molecule has 1 nitrogen and oxygen atoms in total. The molecule has 4 heteroatoms. The molecule has 0 fully saturated rings. The highest BCUT2D eigenvalue weighted by Crippen LogP contribution is 2.32. The van der Waals surface area contributed by atoms with Crippen LogP contribution in [0.4, 0.5) is 0 Å². The Balaban J connectivity index is 2.52. The molecule has 0 amide bonds.